The van der Waals surface area contributed by atoms with E-state index >= 15 is 0 Å². The van der Waals surface area contributed by atoms with Crippen molar-refractivity contribution in [3.8, 4) is 5.75 Å². The van der Waals surface area contributed by atoms with E-state index < -0.39 is 22.6 Å². The summed E-state index contributed by atoms with van der Waals surface area (Å²) in [6.45, 7) is 0. The van der Waals surface area contributed by atoms with Gasteiger partial charge in [0.1, 0.15) is 5.69 Å². The highest BCUT2D eigenvalue weighted by Crippen LogP contribution is 2.21. The van der Waals surface area contributed by atoms with E-state index in [0.29, 0.717) is 12.1 Å². The van der Waals surface area contributed by atoms with E-state index in [9.17, 15) is 19.5 Å². The minimum Gasteiger partial charge on any atom is -0.502 e. The van der Waals surface area contributed by atoms with Crippen LogP contribution >= 0.6 is 0 Å². The maximum Gasteiger partial charge on any atom is 0.303 e. The standard InChI is InChI=1S/C13H11NO5/c15-9(16)6-3-7-1-4-8(5-2-7)14-10-11(17)13(19)12(10)18/h1-2,4-5,14,17H,3,6H2,(H,15,16). The predicted molar refractivity (Wildman–Crippen MR) is 68.7 cm³/mol. The van der Waals surface area contributed by atoms with E-state index in [0.717, 1.165) is 5.56 Å². The van der Waals surface area contributed by atoms with Crippen molar-refractivity contribution < 1.29 is 15.0 Å². The Labute approximate surface area is 107 Å². The van der Waals surface area contributed by atoms with Gasteiger partial charge >= 0.3 is 5.97 Å². The molecule has 0 atom stereocenters. The molecule has 98 valence electrons. The van der Waals surface area contributed by atoms with Crippen LogP contribution in [-0.4, -0.2) is 16.2 Å². The van der Waals surface area contributed by atoms with Crippen molar-refractivity contribution >= 4 is 17.3 Å². The van der Waals surface area contributed by atoms with Gasteiger partial charge in [0.25, 0.3) is 10.9 Å². The van der Waals surface area contributed by atoms with E-state index in [1.807, 2.05) is 0 Å². The highest BCUT2D eigenvalue weighted by atomic mass is 16.4. The lowest BCUT2D eigenvalue weighted by molar-refractivity contribution is -0.136. The number of aliphatic carboxylic acids is 1. The molecule has 2 aromatic rings. The molecule has 0 aromatic heterocycles. The van der Waals surface area contributed by atoms with E-state index in [1.165, 1.54) is 0 Å². The third-order valence-corrected chi connectivity index (χ3v) is 2.74. The number of carboxylic acid groups (broad SMARTS) is 1. The molecule has 0 heterocycles. The largest absolute Gasteiger partial charge is 0.502 e. The second kappa shape index (κ2) is 4.93. The number of hydrogen-bond acceptors (Lipinski definition) is 5. The lowest BCUT2D eigenvalue weighted by atomic mass is 10.1. The number of aromatic hydroxyl groups is 1. The van der Waals surface area contributed by atoms with E-state index in [1.54, 1.807) is 24.3 Å². The highest BCUT2D eigenvalue weighted by molar-refractivity contribution is 5.69. The fourth-order valence-electron chi connectivity index (χ4n) is 1.65. The van der Waals surface area contributed by atoms with Crippen molar-refractivity contribution in [2.24, 2.45) is 0 Å². The Morgan fingerprint density at radius 2 is 1.74 bits per heavy atom. The summed E-state index contributed by atoms with van der Waals surface area (Å²) in [5, 5.41) is 20.4. The van der Waals surface area contributed by atoms with Gasteiger partial charge in [0.2, 0.25) is 0 Å². The van der Waals surface area contributed by atoms with Gasteiger partial charge in [0.05, 0.1) is 0 Å². The van der Waals surface area contributed by atoms with Crippen molar-refractivity contribution in [1.29, 1.82) is 0 Å². The molecule has 0 fully saturated rings. The molecule has 0 aliphatic heterocycles. The number of benzene rings is 1. The molecule has 0 saturated carbocycles. The summed E-state index contributed by atoms with van der Waals surface area (Å²) in [4.78, 5) is 32.4. The van der Waals surface area contributed by atoms with Crippen LogP contribution in [0, 0.1) is 0 Å². The van der Waals surface area contributed by atoms with Crippen LogP contribution in [0.15, 0.2) is 33.9 Å². The summed E-state index contributed by atoms with van der Waals surface area (Å²) < 4.78 is 0. The Balaban J connectivity index is 2.05. The van der Waals surface area contributed by atoms with Gasteiger partial charge in [0.15, 0.2) is 5.75 Å². The molecule has 6 heteroatoms. The Morgan fingerprint density at radius 3 is 2.26 bits per heavy atom. The zero-order valence-corrected chi connectivity index (χ0v) is 9.84. The number of carbonyl (C=O) groups is 1. The summed E-state index contributed by atoms with van der Waals surface area (Å²) in [6, 6.07) is 6.72. The third kappa shape index (κ3) is 2.62. The van der Waals surface area contributed by atoms with Crippen LogP contribution in [0.5, 0.6) is 5.75 Å². The number of hydrogen-bond donors (Lipinski definition) is 3. The molecular weight excluding hydrogens is 250 g/mol. The van der Waals surface area contributed by atoms with Crippen LogP contribution in [0.1, 0.15) is 12.0 Å². The van der Waals surface area contributed by atoms with Gasteiger partial charge in [0, 0.05) is 12.1 Å². The Hall–Kier alpha value is -2.63. The number of nitrogens with one attached hydrogen (secondary N) is 1. The lowest BCUT2D eigenvalue weighted by Gasteiger charge is -2.09. The zero-order valence-electron chi connectivity index (χ0n) is 9.84. The Bertz CT molecular complexity index is 680. The molecule has 0 spiro atoms. The van der Waals surface area contributed by atoms with Gasteiger partial charge in [-0.25, -0.2) is 0 Å². The van der Waals surface area contributed by atoms with E-state index in [2.05, 4.69) is 5.32 Å². The van der Waals surface area contributed by atoms with Gasteiger partial charge in [-0.05, 0) is 24.1 Å². The van der Waals surface area contributed by atoms with Crippen molar-refractivity contribution in [1.82, 2.24) is 0 Å². The molecule has 0 radical (unpaired) electrons. The Kier molecular flexibility index (Phi) is 3.33. The van der Waals surface area contributed by atoms with Crippen molar-refractivity contribution in [2.45, 2.75) is 12.8 Å². The maximum atomic E-state index is 11.1. The highest BCUT2D eigenvalue weighted by Gasteiger charge is 2.19. The monoisotopic (exact) mass is 261 g/mol. The van der Waals surface area contributed by atoms with E-state index in [4.69, 9.17) is 5.11 Å². The summed E-state index contributed by atoms with van der Waals surface area (Å²) in [5.41, 5.74) is -0.347. The van der Waals surface area contributed by atoms with E-state index in [-0.39, 0.29) is 12.1 Å². The van der Waals surface area contributed by atoms with Crippen LogP contribution < -0.4 is 16.2 Å². The third-order valence-electron chi connectivity index (χ3n) is 2.74. The topological polar surface area (TPSA) is 104 Å². The first-order valence-corrected chi connectivity index (χ1v) is 5.59. The number of carboxylic acids is 1. The summed E-state index contributed by atoms with van der Waals surface area (Å²) in [5.74, 6) is -1.42. The van der Waals surface area contributed by atoms with Gasteiger partial charge in [-0.1, -0.05) is 12.1 Å². The average Bonchev–Trinajstić information content (AvgIpc) is 2.42. The first kappa shape index (κ1) is 12.8. The SMILES string of the molecule is O=C(O)CCc1ccc(Nc2c(O)c(=O)c2=O)cc1. The lowest BCUT2D eigenvalue weighted by Crippen LogP contribution is -2.32. The molecule has 19 heavy (non-hydrogen) atoms. The quantitative estimate of drug-likeness (QED) is 0.686. The summed E-state index contributed by atoms with van der Waals surface area (Å²) in [7, 11) is 0. The molecule has 2 rings (SSSR count). The van der Waals surface area contributed by atoms with Crippen LogP contribution in [0.2, 0.25) is 0 Å². The number of rotatable bonds is 5. The zero-order chi connectivity index (χ0) is 14.0. The molecule has 3 N–H and O–H groups in total. The number of anilines is 2. The normalized spacial score (nSPS) is 10.5. The first-order valence-electron chi connectivity index (χ1n) is 5.59. The summed E-state index contributed by atoms with van der Waals surface area (Å²) in [6.07, 6.45) is 0.465. The van der Waals surface area contributed by atoms with Crippen molar-refractivity contribution in [3.63, 3.8) is 0 Å². The van der Waals surface area contributed by atoms with Crippen LogP contribution in [0.4, 0.5) is 11.4 Å². The van der Waals surface area contributed by atoms with Crippen molar-refractivity contribution in [2.75, 3.05) is 5.32 Å². The maximum absolute atomic E-state index is 11.1. The van der Waals surface area contributed by atoms with Crippen LogP contribution in [0.25, 0.3) is 0 Å². The molecule has 0 aliphatic rings. The minimum atomic E-state index is -0.888. The number of aryl methyl sites for hydroxylation is 1. The molecule has 6 nitrogen and oxygen atoms in total. The molecule has 0 amide bonds. The molecule has 0 bridgehead atoms. The van der Waals surface area contributed by atoms with Gasteiger partial charge < -0.3 is 15.5 Å². The molecule has 0 aliphatic carbocycles. The van der Waals surface area contributed by atoms with Gasteiger partial charge in [-0.15, -0.1) is 0 Å². The second-order valence-electron chi connectivity index (χ2n) is 4.10. The second-order valence-corrected chi connectivity index (χ2v) is 4.10. The Morgan fingerprint density at radius 1 is 1.11 bits per heavy atom. The van der Waals surface area contributed by atoms with Gasteiger partial charge in [-0.2, -0.15) is 0 Å². The van der Waals surface area contributed by atoms with Gasteiger partial charge in [-0.3, -0.25) is 14.4 Å². The fourth-order valence-corrected chi connectivity index (χ4v) is 1.65. The molecule has 0 unspecified atom stereocenters. The van der Waals surface area contributed by atoms with Crippen molar-refractivity contribution in [3.05, 3.63) is 50.3 Å². The summed E-state index contributed by atoms with van der Waals surface area (Å²) >= 11 is 0. The average molecular weight is 261 g/mol. The van der Waals surface area contributed by atoms with Crippen LogP contribution in [0.3, 0.4) is 0 Å². The smallest absolute Gasteiger partial charge is 0.303 e. The minimum absolute atomic E-state index is 0.0473. The first-order chi connectivity index (χ1) is 8.99. The predicted octanol–water partition coefficient (Wildman–Crippen LogP) is 0.749. The molecular formula is C13H11NO5. The fraction of sp³-hybridized carbons (Fsp3) is 0.154. The molecule has 0 saturated heterocycles. The molecule has 2 aromatic carbocycles. The van der Waals surface area contributed by atoms with Crippen LogP contribution in [-0.2, 0) is 11.2 Å².